The second kappa shape index (κ2) is 6.42. The van der Waals surface area contributed by atoms with Crippen LogP contribution in [0.1, 0.15) is 25.8 Å². The summed E-state index contributed by atoms with van der Waals surface area (Å²) >= 11 is 6.21. The molecule has 1 fully saturated rings. The van der Waals surface area contributed by atoms with Crippen LogP contribution in [-0.2, 0) is 4.79 Å². The maximum Gasteiger partial charge on any atom is 0.161 e. The van der Waals surface area contributed by atoms with Crippen LogP contribution in [0.15, 0.2) is 23.8 Å². The Balaban J connectivity index is 2.21. The molecule has 1 aliphatic heterocycles. The zero-order chi connectivity index (χ0) is 14.7. The van der Waals surface area contributed by atoms with Crippen LogP contribution in [0.5, 0.6) is 5.75 Å². The fraction of sp³-hybridized carbons (Fsp3) is 0.438. The van der Waals surface area contributed by atoms with Crippen molar-refractivity contribution >= 4 is 23.5 Å². The fourth-order valence-corrected chi connectivity index (χ4v) is 2.43. The predicted octanol–water partition coefficient (Wildman–Crippen LogP) is 3.42. The number of nitrogens with zero attached hydrogens (tertiary/aromatic N) is 1. The minimum absolute atomic E-state index is 0.0882. The highest BCUT2D eigenvalue weighted by atomic mass is 35.5. The van der Waals surface area contributed by atoms with E-state index in [1.165, 1.54) is 0 Å². The zero-order valence-corrected chi connectivity index (χ0v) is 12.9. The molecule has 1 aromatic rings. The topological polar surface area (TPSA) is 29.5 Å². The second-order valence-electron chi connectivity index (χ2n) is 5.44. The van der Waals surface area contributed by atoms with E-state index < -0.39 is 0 Å². The van der Waals surface area contributed by atoms with Crippen LogP contribution in [0.25, 0.3) is 6.08 Å². The van der Waals surface area contributed by atoms with Crippen molar-refractivity contribution in [2.24, 2.45) is 0 Å². The maximum absolute atomic E-state index is 11.9. The number of likely N-dealkylation sites (N-methyl/N-ethyl adjacent to an activating group) is 1. The average molecular weight is 294 g/mol. The molecular weight excluding hydrogens is 274 g/mol. The lowest BCUT2D eigenvalue weighted by Crippen LogP contribution is -2.32. The van der Waals surface area contributed by atoms with Gasteiger partial charge in [-0.1, -0.05) is 17.7 Å². The van der Waals surface area contributed by atoms with Crippen molar-refractivity contribution in [3.8, 4) is 5.75 Å². The molecule has 0 radical (unpaired) electrons. The first kappa shape index (κ1) is 15.1. The number of ketones is 1. The standard InChI is InChI=1S/C16H20ClNO2/c1-11(2)20-16-5-4-12(9-14(16)17)8-13-10-18(3)7-6-15(13)19/h4-5,8-9,11H,6-7,10H2,1-3H3/b13-8+. The van der Waals surface area contributed by atoms with E-state index in [9.17, 15) is 4.79 Å². The number of hydrogen-bond acceptors (Lipinski definition) is 3. The normalized spacial score (nSPS) is 18.9. The summed E-state index contributed by atoms with van der Waals surface area (Å²) in [5, 5.41) is 0.574. The summed E-state index contributed by atoms with van der Waals surface area (Å²) in [7, 11) is 2.02. The van der Waals surface area contributed by atoms with E-state index in [4.69, 9.17) is 16.3 Å². The quantitative estimate of drug-likeness (QED) is 0.800. The zero-order valence-electron chi connectivity index (χ0n) is 12.1. The van der Waals surface area contributed by atoms with Gasteiger partial charge in [0.05, 0.1) is 11.1 Å². The third-order valence-corrected chi connectivity index (χ3v) is 3.47. The van der Waals surface area contributed by atoms with Gasteiger partial charge < -0.3 is 9.64 Å². The minimum atomic E-state index is 0.0882. The van der Waals surface area contributed by atoms with Crippen LogP contribution < -0.4 is 4.74 Å². The first-order chi connectivity index (χ1) is 9.45. The molecule has 0 amide bonds. The third-order valence-electron chi connectivity index (χ3n) is 3.18. The number of carbonyl (C=O) groups excluding carboxylic acids is 1. The van der Waals surface area contributed by atoms with Gasteiger partial charge >= 0.3 is 0 Å². The largest absolute Gasteiger partial charge is 0.489 e. The average Bonchev–Trinajstić information content (AvgIpc) is 2.37. The fourth-order valence-electron chi connectivity index (χ4n) is 2.19. The molecule has 4 heteroatoms. The van der Waals surface area contributed by atoms with Crippen LogP contribution in [0, 0.1) is 0 Å². The van der Waals surface area contributed by atoms with Crippen molar-refractivity contribution in [2.75, 3.05) is 20.1 Å². The Morgan fingerprint density at radius 2 is 2.15 bits per heavy atom. The van der Waals surface area contributed by atoms with Gasteiger partial charge in [-0.05, 0) is 44.7 Å². The summed E-state index contributed by atoms with van der Waals surface area (Å²) in [6.45, 7) is 5.45. The molecule has 20 heavy (non-hydrogen) atoms. The lowest BCUT2D eigenvalue weighted by atomic mass is 10.0. The number of Topliss-reactive ketones (excluding diaryl/α,β-unsaturated/α-hetero) is 1. The molecule has 0 unspecified atom stereocenters. The Morgan fingerprint density at radius 1 is 1.40 bits per heavy atom. The molecule has 0 bridgehead atoms. The van der Waals surface area contributed by atoms with Gasteiger partial charge in [0.25, 0.3) is 0 Å². The van der Waals surface area contributed by atoms with Crippen LogP contribution in [-0.4, -0.2) is 36.9 Å². The molecule has 2 rings (SSSR count). The monoisotopic (exact) mass is 293 g/mol. The highest BCUT2D eigenvalue weighted by Crippen LogP contribution is 2.27. The second-order valence-corrected chi connectivity index (χ2v) is 5.84. The SMILES string of the molecule is CC(C)Oc1ccc(/C=C2\CN(C)CCC2=O)cc1Cl. The van der Waals surface area contributed by atoms with Gasteiger partial charge in [0.2, 0.25) is 0 Å². The lowest BCUT2D eigenvalue weighted by Gasteiger charge is -2.23. The summed E-state index contributed by atoms with van der Waals surface area (Å²) in [5.74, 6) is 0.901. The van der Waals surface area contributed by atoms with E-state index in [2.05, 4.69) is 4.90 Å². The molecule has 0 aliphatic carbocycles. The van der Waals surface area contributed by atoms with Crippen molar-refractivity contribution in [1.29, 1.82) is 0 Å². The van der Waals surface area contributed by atoms with Crippen LogP contribution >= 0.6 is 11.6 Å². The molecule has 108 valence electrons. The van der Waals surface area contributed by atoms with Crippen molar-refractivity contribution in [1.82, 2.24) is 4.90 Å². The van der Waals surface area contributed by atoms with Crippen molar-refractivity contribution in [2.45, 2.75) is 26.4 Å². The molecule has 1 aromatic carbocycles. The van der Waals surface area contributed by atoms with Crippen LogP contribution in [0.4, 0.5) is 0 Å². The minimum Gasteiger partial charge on any atom is -0.489 e. The molecule has 0 atom stereocenters. The molecule has 3 nitrogen and oxygen atoms in total. The number of ether oxygens (including phenoxy) is 1. The summed E-state index contributed by atoms with van der Waals surface area (Å²) < 4.78 is 5.60. The van der Waals surface area contributed by atoms with Gasteiger partial charge in [-0.25, -0.2) is 0 Å². The molecule has 0 spiro atoms. The summed E-state index contributed by atoms with van der Waals surface area (Å²) in [5.41, 5.74) is 1.78. The van der Waals surface area contributed by atoms with E-state index in [1.54, 1.807) is 0 Å². The molecule has 1 saturated heterocycles. The Morgan fingerprint density at radius 3 is 2.80 bits per heavy atom. The number of piperidine rings is 1. The lowest BCUT2D eigenvalue weighted by molar-refractivity contribution is -0.117. The Hall–Kier alpha value is -1.32. The van der Waals surface area contributed by atoms with E-state index in [1.807, 2.05) is 45.2 Å². The molecule has 1 aliphatic rings. The Bertz CT molecular complexity index is 537. The van der Waals surface area contributed by atoms with E-state index in [0.717, 1.165) is 17.7 Å². The van der Waals surface area contributed by atoms with Crippen LogP contribution in [0.2, 0.25) is 5.02 Å². The van der Waals surface area contributed by atoms with Gasteiger partial charge in [0.1, 0.15) is 5.75 Å². The predicted molar refractivity (Wildman–Crippen MR) is 82.3 cm³/mol. The van der Waals surface area contributed by atoms with Gasteiger partial charge in [-0.2, -0.15) is 0 Å². The smallest absolute Gasteiger partial charge is 0.161 e. The van der Waals surface area contributed by atoms with Gasteiger partial charge in [0, 0.05) is 25.1 Å². The molecule has 1 heterocycles. The van der Waals surface area contributed by atoms with Crippen molar-refractivity contribution < 1.29 is 9.53 Å². The third kappa shape index (κ3) is 3.84. The number of likely N-dealkylation sites (tertiary alicyclic amines) is 1. The Kier molecular flexibility index (Phi) is 4.84. The van der Waals surface area contributed by atoms with E-state index in [-0.39, 0.29) is 11.9 Å². The summed E-state index contributed by atoms with van der Waals surface area (Å²) in [6.07, 6.45) is 2.60. The Labute approximate surface area is 125 Å². The molecule has 0 saturated carbocycles. The van der Waals surface area contributed by atoms with E-state index >= 15 is 0 Å². The van der Waals surface area contributed by atoms with Crippen molar-refractivity contribution in [3.63, 3.8) is 0 Å². The van der Waals surface area contributed by atoms with Gasteiger partial charge in [0.15, 0.2) is 5.78 Å². The first-order valence-electron chi connectivity index (χ1n) is 6.84. The van der Waals surface area contributed by atoms with Gasteiger partial charge in [-0.3, -0.25) is 4.79 Å². The molecule has 0 N–H and O–H groups in total. The number of halogens is 1. The number of carbonyl (C=O) groups is 1. The summed E-state index contributed by atoms with van der Waals surface area (Å²) in [4.78, 5) is 14.0. The highest BCUT2D eigenvalue weighted by Gasteiger charge is 2.18. The van der Waals surface area contributed by atoms with Crippen molar-refractivity contribution in [3.05, 3.63) is 34.4 Å². The van der Waals surface area contributed by atoms with Crippen LogP contribution in [0.3, 0.4) is 0 Å². The maximum atomic E-state index is 11.9. The molecule has 0 aromatic heterocycles. The summed E-state index contributed by atoms with van der Waals surface area (Å²) in [6, 6.07) is 5.62. The number of rotatable bonds is 3. The number of hydrogen-bond donors (Lipinski definition) is 0. The molecular formula is C16H20ClNO2. The van der Waals surface area contributed by atoms with E-state index in [0.29, 0.717) is 23.7 Å². The number of benzene rings is 1. The van der Waals surface area contributed by atoms with Gasteiger partial charge in [-0.15, -0.1) is 0 Å². The first-order valence-corrected chi connectivity index (χ1v) is 7.22. The highest BCUT2D eigenvalue weighted by molar-refractivity contribution is 6.32.